The van der Waals surface area contributed by atoms with Gasteiger partial charge in [-0.25, -0.2) is 0 Å². The minimum atomic E-state index is -0.585. The Morgan fingerprint density at radius 2 is 1.79 bits per heavy atom. The first-order chi connectivity index (χ1) is 11.4. The van der Waals surface area contributed by atoms with Crippen LogP contribution >= 0.6 is 0 Å². The van der Waals surface area contributed by atoms with Crippen LogP contribution in [0.2, 0.25) is 0 Å². The molecule has 0 spiro atoms. The fraction of sp³-hybridized carbons (Fsp3) is 0.429. The van der Waals surface area contributed by atoms with E-state index in [1.54, 1.807) is 0 Å². The van der Waals surface area contributed by atoms with Gasteiger partial charge in [-0.15, -0.1) is 0 Å². The third kappa shape index (κ3) is 3.97. The fourth-order valence-corrected chi connectivity index (χ4v) is 3.09. The summed E-state index contributed by atoms with van der Waals surface area (Å²) in [6.45, 7) is 6.54. The molecule has 0 bridgehead atoms. The van der Waals surface area contributed by atoms with E-state index in [0.717, 1.165) is 29.7 Å². The highest BCUT2D eigenvalue weighted by Crippen LogP contribution is 2.34. The van der Waals surface area contributed by atoms with Crippen LogP contribution < -0.4 is 4.74 Å². The zero-order valence-corrected chi connectivity index (χ0v) is 14.7. The van der Waals surface area contributed by atoms with Gasteiger partial charge in [0.15, 0.2) is 0 Å². The van der Waals surface area contributed by atoms with E-state index in [-0.39, 0.29) is 0 Å². The fourth-order valence-electron chi connectivity index (χ4n) is 3.09. The maximum Gasteiger partial charge on any atom is 0.205 e. The van der Waals surface area contributed by atoms with E-state index < -0.39 is 11.9 Å². The predicted molar refractivity (Wildman–Crippen MR) is 95.0 cm³/mol. The van der Waals surface area contributed by atoms with Crippen LogP contribution in [0.5, 0.6) is 5.75 Å². The molecular formula is C21H26O3. The van der Waals surface area contributed by atoms with E-state index in [0.29, 0.717) is 12.5 Å². The number of aliphatic hydroxyl groups excluding tert-OH is 1. The Hall–Kier alpha value is -1.84. The summed E-state index contributed by atoms with van der Waals surface area (Å²) in [5.41, 5.74) is 3.25. The van der Waals surface area contributed by atoms with Gasteiger partial charge in [0.2, 0.25) is 5.79 Å². The number of hydrogen-bond donors (Lipinski definition) is 1. The molecule has 24 heavy (non-hydrogen) atoms. The van der Waals surface area contributed by atoms with Crippen LogP contribution in [-0.2, 0) is 11.3 Å². The van der Waals surface area contributed by atoms with Gasteiger partial charge in [0.05, 0.1) is 12.7 Å². The molecule has 1 N–H and O–H groups in total. The first-order valence-corrected chi connectivity index (χ1v) is 8.63. The van der Waals surface area contributed by atoms with E-state index >= 15 is 0 Å². The summed E-state index contributed by atoms with van der Waals surface area (Å²) in [4.78, 5) is 0. The SMILES string of the molecule is CC(CCC(O)c1ccc2c(c1)COC(C)(C)O2)c1ccccc1. The molecule has 3 rings (SSSR count). The second-order valence-electron chi connectivity index (χ2n) is 7.06. The van der Waals surface area contributed by atoms with Crippen molar-refractivity contribution in [2.24, 2.45) is 0 Å². The van der Waals surface area contributed by atoms with Gasteiger partial charge in [0.25, 0.3) is 0 Å². The largest absolute Gasteiger partial charge is 0.463 e. The smallest absolute Gasteiger partial charge is 0.205 e. The lowest BCUT2D eigenvalue weighted by Crippen LogP contribution is -2.35. The molecule has 0 radical (unpaired) electrons. The molecule has 2 atom stereocenters. The highest BCUT2D eigenvalue weighted by molar-refractivity contribution is 5.39. The topological polar surface area (TPSA) is 38.7 Å². The summed E-state index contributed by atoms with van der Waals surface area (Å²) in [6, 6.07) is 16.3. The number of rotatable bonds is 5. The van der Waals surface area contributed by atoms with Crippen molar-refractivity contribution >= 4 is 0 Å². The highest BCUT2D eigenvalue weighted by Gasteiger charge is 2.27. The van der Waals surface area contributed by atoms with E-state index in [4.69, 9.17) is 9.47 Å². The minimum Gasteiger partial charge on any atom is -0.463 e. The Morgan fingerprint density at radius 3 is 2.54 bits per heavy atom. The van der Waals surface area contributed by atoms with Gasteiger partial charge in [0.1, 0.15) is 5.75 Å². The average Bonchev–Trinajstić information content (AvgIpc) is 2.59. The zero-order valence-electron chi connectivity index (χ0n) is 14.7. The lowest BCUT2D eigenvalue weighted by atomic mass is 9.92. The molecule has 2 aromatic rings. The summed E-state index contributed by atoms with van der Waals surface area (Å²) in [6.07, 6.45) is 1.22. The van der Waals surface area contributed by atoms with Gasteiger partial charge in [0, 0.05) is 19.4 Å². The molecule has 2 aromatic carbocycles. The Kier molecular flexibility index (Phi) is 4.93. The van der Waals surface area contributed by atoms with Crippen LogP contribution in [0, 0.1) is 0 Å². The van der Waals surface area contributed by atoms with Gasteiger partial charge in [-0.05, 0) is 42.0 Å². The molecule has 1 heterocycles. The van der Waals surface area contributed by atoms with Gasteiger partial charge in [-0.1, -0.05) is 43.3 Å². The Labute approximate surface area is 144 Å². The third-order valence-electron chi connectivity index (χ3n) is 4.64. The second kappa shape index (κ2) is 6.96. The molecule has 3 heteroatoms. The van der Waals surface area contributed by atoms with E-state index in [1.165, 1.54) is 5.56 Å². The highest BCUT2D eigenvalue weighted by atomic mass is 16.7. The molecule has 1 aliphatic heterocycles. The number of ether oxygens (including phenoxy) is 2. The Bertz CT molecular complexity index is 679. The van der Waals surface area contributed by atoms with Crippen molar-refractivity contribution in [1.29, 1.82) is 0 Å². The van der Waals surface area contributed by atoms with Crippen molar-refractivity contribution in [3.05, 3.63) is 65.2 Å². The molecule has 2 unspecified atom stereocenters. The number of benzene rings is 2. The van der Waals surface area contributed by atoms with E-state index in [2.05, 4.69) is 31.2 Å². The Morgan fingerprint density at radius 1 is 1.04 bits per heavy atom. The number of fused-ring (bicyclic) bond motifs is 1. The molecule has 0 aliphatic carbocycles. The van der Waals surface area contributed by atoms with Crippen LogP contribution in [0.3, 0.4) is 0 Å². The summed E-state index contributed by atoms with van der Waals surface area (Å²) in [5.74, 6) is 0.698. The van der Waals surface area contributed by atoms with Crippen molar-refractivity contribution in [3.8, 4) is 5.75 Å². The third-order valence-corrected chi connectivity index (χ3v) is 4.64. The molecular weight excluding hydrogens is 300 g/mol. The van der Waals surface area contributed by atoms with Crippen LogP contribution in [0.4, 0.5) is 0 Å². The predicted octanol–water partition coefficient (Wildman–Crippen LogP) is 4.95. The minimum absolute atomic E-state index is 0.436. The standard InChI is InChI=1S/C21H26O3/c1-15(16-7-5-4-6-8-16)9-11-19(22)17-10-12-20-18(13-17)14-23-21(2,3)24-20/h4-8,10,12-13,15,19,22H,9,11,14H2,1-3H3. The normalized spacial score (nSPS) is 18.3. The van der Waals surface area contributed by atoms with Crippen LogP contribution in [0.25, 0.3) is 0 Å². The molecule has 0 saturated heterocycles. The van der Waals surface area contributed by atoms with E-state index in [1.807, 2.05) is 38.1 Å². The van der Waals surface area contributed by atoms with Gasteiger partial charge in [-0.3, -0.25) is 0 Å². The zero-order chi connectivity index (χ0) is 17.2. The number of hydrogen-bond acceptors (Lipinski definition) is 3. The molecule has 0 fully saturated rings. The van der Waals surface area contributed by atoms with E-state index in [9.17, 15) is 5.11 Å². The quantitative estimate of drug-likeness (QED) is 0.845. The first-order valence-electron chi connectivity index (χ1n) is 8.63. The molecule has 0 aromatic heterocycles. The van der Waals surface area contributed by atoms with Crippen molar-refractivity contribution in [2.45, 2.75) is 58.0 Å². The van der Waals surface area contributed by atoms with Crippen molar-refractivity contribution in [1.82, 2.24) is 0 Å². The maximum absolute atomic E-state index is 10.5. The summed E-state index contributed by atoms with van der Waals surface area (Å²) >= 11 is 0. The summed E-state index contributed by atoms with van der Waals surface area (Å²) < 4.78 is 11.5. The molecule has 1 aliphatic rings. The monoisotopic (exact) mass is 326 g/mol. The van der Waals surface area contributed by atoms with Crippen LogP contribution in [0.15, 0.2) is 48.5 Å². The second-order valence-corrected chi connectivity index (χ2v) is 7.06. The van der Waals surface area contributed by atoms with Crippen LogP contribution in [-0.4, -0.2) is 10.9 Å². The average molecular weight is 326 g/mol. The molecule has 128 valence electrons. The lowest BCUT2D eigenvalue weighted by molar-refractivity contribution is -0.180. The summed E-state index contributed by atoms with van der Waals surface area (Å²) in [5, 5.41) is 10.5. The van der Waals surface area contributed by atoms with Gasteiger partial charge < -0.3 is 14.6 Å². The Balaban J connectivity index is 1.62. The summed E-state index contributed by atoms with van der Waals surface area (Å²) in [7, 11) is 0. The van der Waals surface area contributed by atoms with Crippen LogP contribution in [0.1, 0.15) is 62.3 Å². The first kappa shape index (κ1) is 17.0. The van der Waals surface area contributed by atoms with Crippen molar-refractivity contribution in [2.75, 3.05) is 0 Å². The number of aliphatic hydroxyl groups is 1. The maximum atomic E-state index is 10.5. The van der Waals surface area contributed by atoms with Crippen molar-refractivity contribution < 1.29 is 14.6 Å². The lowest BCUT2D eigenvalue weighted by Gasteiger charge is -2.33. The van der Waals surface area contributed by atoms with Gasteiger partial charge >= 0.3 is 0 Å². The molecule has 0 amide bonds. The molecule has 3 nitrogen and oxygen atoms in total. The van der Waals surface area contributed by atoms with Gasteiger partial charge in [-0.2, -0.15) is 0 Å². The van der Waals surface area contributed by atoms with Crippen molar-refractivity contribution in [3.63, 3.8) is 0 Å². The molecule has 0 saturated carbocycles.